The molecule has 0 N–H and O–H groups in total. The van der Waals surface area contributed by atoms with Gasteiger partial charge in [0.05, 0.1) is 11.3 Å². The van der Waals surface area contributed by atoms with Crippen LogP contribution in [0.3, 0.4) is 0 Å². The average molecular weight is 434 g/mol. The highest BCUT2D eigenvalue weighted by molar-refractivity contribution is 6.00. The molecule has 0 aromatic heterocycles. The lowest BCUT2D eigenvalue weighted by Crippen LogP contribution is -2.51. The largest absolute Gasteiger partial charge is 0.339 e. The van der Waals surface area contributed by atoms with Crippen LogP contribution in [0.25, 0.3) is 0 Å². The van der Waals surface area contributed by atoms with Gasteiger partial charge < -0.3 is 9.80 Å². The van der Waals surface area contributed by atoms with Gasteiger partial charge in [-0.25, -0.2) is 4.39 Å². The number of piperazine rings is 1. The van der Waals surface area contributed by atoms with Crippen molar-refractivity contribution in [2.75, 3.05) is 26.2 Å². The van der Waals surface area contributed by atoms with Crippen LogP contribution in [0.5, 0.6) is 0 Å². The van der Waals surface area contributed by atoms with Crippen LogP contribution in [0.1, 0.15) is 35.2 Å². The zero-order chi connectivity index (χ0) is 22.2. The lowest BCUT2D eigenvalue weighted by Gasteiger charge is -2.35. The third kappa shape index (κ3) is 3.92. The maximum atomic E-state index is 14.6. The minimum absolute atomic E-state index is 0.0122. The zero-order valence-electron chi connectivity index (χ0n) is 17.6. The summed E-state index contributed by atoms with van der Waals surface area (Å²) in [4.78, 5) is 40.6. The first kappa shape index (κ1) is 20.5. The Morgan fingerprint density at radius 3 is 2.56 bits per heavy atom. The van der Waals surface area contributed by atoms with Crippen molar-refractivity contribution in [2.45, 2.75) is 25.7 Å². The topological polar surface area (TPSA) is 82.4 Å². The van der Waals surface area contributed by atoms with E-state index in [9.17, 15) is 18.8 Å². The number of rotatable bonds is 4. The smallest absolute Gasteiger partial charge is 0.295 e. The van der Waals surface area contributed by atoms with Gasteiger partial charge in [-0.3, -0.25) is 14.4 Å². The fourth-order valence-corrected chi connectivity index (χ4v) is 4.32. The molecule has 4 aliphatic rings. The SMILES string of the molecule is O=C1N=NC(Cc2ccc(F)c(C(=O)N3CCN(C(=O)C4CC4)CC3)c2)=C2CC=CC=C12. The van der Waals surface area contributed by atoms with Gasteiger partial charge in [0.1, 0.15) is 5.82 Å². The number of allylic oxidation sites excluding steroid dienone is 4. The molecule has 0 spiro atoms. The van der Waals surface area contributed by atoms with E-state index in [1.54, 1.807) is 28.0 Å². The third-order valence-corrected chi connectivity index (χ3v) is 6.32. The van der Waals surface area contributed by atoms with Gasteiger partial charge in [0, 0.05) is 44.1 Å². The lowest BCUT2D eigenvalue weighted by molar-refractivity contribution is -0.134. The predicted octanol–water partition coefficient (Wildman–Crippen LogP) is 3.20. The van der Waals surface area contributed by atoms with E-state index in [2.05, 4.69) is 10.2 Å². The van der Waals surface area contributed by atoms with Crippen LogP contribution in [0.4, 0.5) is 4.39 Å². The van der Waals surface area contributed by atoms with Gasteiger partial charge in [0.2, 0.25) is 5.91 Å². The van der Waals surface area contributed by atoms with Gasteiger partial charge in [0.25, 0.3) is 11.8 Å². The van der Waals surface area contributed by atoms with Gasteiger partial charge in [-0.1, -0.05) is 18.2 Å². The van der Waals surface area contributed by atoms with Crippen molar-refractivity contribution in [3.05, 3.63) is 70.2 Å². The maximum Gasteiger partial charge on any atom is 0.295 e. The first-order chi connectivity index (χ1) is 15.5. The summed E-state index contributed by atoms with van der Waals surface area (Å²) in [6, 6.07) is 4.48. The number of amides is 3. The van der Waals surface area contributed by atoms with Gasteiger partial charge in [0.15, 0.2) is 0 Å². The molecule has 1 aromatic carbocycles. The number of azo groups is 1. The number of nitrogens with zero attached hydrogens (tertiary/aromatic N) is 4. The Morgan fingerprint density at radius 2 is 1.81 bits per heavy atom. The van der Waals surface area contributed by atoms with E-state index in [1.165, 1.54) is 6.07 Å². The second-order valence-corrected chi connectivity index (χ2v) is 8.53. The fraction of sp³-hybridized carbons (Fsp3) is 0.375. The minimum Gasteiger partial charge on any atom is -0.339 e. The van der Waals surface area contributed by atoms with Crippen LogP contribution in [0.2, 0.25) is 0 Å². The fourth-order valence-electron chi connectivity index (χ4n) is 4.32. The van der Waals surface area contributed by atoms with E-state index in [4.69, 9.17) is 0 Å². The molecule has 0 atom stereocenters. The van der Waals surface area contributed by atoms with Gasteiger partial charge >= 0.3 is 0 Å². The van der Waals surface area contributed by atoms with Crippen molar-refractivity contribution in [3.63, 3.8) is 0 Å². The highest BCUT2D eigenvalue weighted by Crippen LogP contribution is 2.32. The summed E-state index contributed by atoms with van der Waals surface area (Å²) >= 11 is 0. The first-order valence-corrected chi connectivity index (χ1v) is 10.9. The normalized spacial score (nSPS) is 20.4. The molecule has 1 aromatic rings. The summed E-state index contributed by atoms with van der Waals surface area (Å²) in [6.45, 7) is 1.76. The molecule has 32 heavy (non-hydrogen) atoms. The van der Waals surface area contributed by atoms with E-state index < -0.39 is 5.82 Å². The van der Waals surface area contributed by atoms with Crippen molar-refractivity contribution in [2.24, 2.45) is 16.1 Å². The molecule has 1 saturated heterocycles. The number of hydrogen-bond acceptors (Lipinski definition) is 4. The van der Waals surface area contributed by atoms with Crippen LogP contribution >= 0.6 is 0 Å². The molecular formula is C24H23FN4O3. The Morgan fingerprint density at radius 1 is 1.06 bits per heavy atom. The average Bonchev–Trinajstić information content (AvgIpc) is 3.67. The molecule has 1 saturated carbocycles. The van der Waals surface area contributed by atoms with E-state index in [1.807, 2.05) is 12.2 Å². The van der Waals surface area contributed by atoms with E-state index in [0.29, 0.717) is 50.3 Å². The molecule has 2 heterocycles. The standard InChI is InChI=1S/C24H23FN4O3/c25-20-8-5-15(14-21-17-3-1-2-4-18(17)22(30)27-26-21)13-19(20)24(32)29-11-9-28(10-12-29)23(31)16-6-7-16/h1-2,4-5,8,13,16H,3,6-7,9-12,14H2. The Hall–Kier alpha value is -3.42. The van der Waals surface area contributed by atoms with Crippen LogP contribution in [0, 0.1) is 11.7 Å². The zero-order valence-corrected chi connectivity index (χ0v) is 17.6. The summed E-state index contributed by atoms with van der Waals surface area (Å²) in [5, 5.41) is 7.80. The van der Waals surface area contributed by atoms with Crippen molar-refractivity contribution in [1.82, 2.24) is 9.80 Å². The molecule has 3 amide bonds. The number of carbonyl (C=O) groups excluding carboxylic acids is 3. The number of hydrogen-bond donors (Lipinski definition) is 0. The van der Waals surface area contributed by atoms with Crippen LogP contribution < -0.4 is 0 Å². The van der Waals surface area contributed by atoms with Crippen molar-refractivity contribution < 1.29 is 18.8 Å². The number of carbonyl (C=O) groups is 3. The molecule has 0 unspecified atom stereocenters. The van der Waals surface area contributed by atoms with Crippen LogP contribution in [0.15, 0.2) is 63.5 Å². The van der Waals surface area contributed by atoms with E-state index in [-0.39, 0.29) is 29.2 Å². The molecule has 0 radical (unpaired) electrons. The molecule has 2 aliphatic carbocycles. The van der Waals surface area contributed by atoms with Crippen molar-refractivity contribution >= 4 is 17.7 Å². The summed E-state index contributed by atoms with van der Waals surface area (Å²) in [5.41, 5.74) is 2.74. The van der Waals surface area contributed by atoms with Gasteiger partial charge in [-0.15, -0.1) is 5.11 Å². The monoisotopic (exact) mass is 434 g/mol. The molecule has 2 aliphatic heterocycles. The second kappa shape index (κ2) is 8.26. The van der Waals surface area contributed by atoms with Crippen LogP contribution in [-0.4, -0.2) is 53.7 Å². The molecule has 7 nitrogen and oxygen atoms in total. The van der Waals surface area contributed by atoms with Crippen LogP contribution in [-0.2, 0) is 16.0 Å². The molecule has 5 rings (SSSR count). The maximum absolute atomic E-state index is 14.6. The first-order valence-electron chi connectivity index (χ1n) is 10.9. The number of benzene rings is 1. The Kier molecular flexibility index (Phi) is 5.28. The van der Waals surface area contributed by atoms with E-state index >= 15 is 0 Å². The predicted molar refractivity (Wildman–Crippen MR) is 114 cm³/mol. The summed E-state index contributed by atoms with van der Waals surface area (Å²) < 4.78 is 14.6. The Bertz CT molecular complexity index is 1120. The molecule has 8 heteroatoms. The quantitative estimate of drug-likeness (QED) is 0.730. The molecule has 164 valence electrons. The molecule has 0 bridgehead atoms. The van der Waals surface area contributed by atoms with Gasteiger partial charge in [-0.05, 0) is 48.6 Å². The summed E-state index contributed by atoms with van der Waals surface area (Å²) in [6.07, 6.45) is 8.34. The lowest BCUT2D eigenvalue weighted by atomic mass is 9.92. The van der Waals surface area contributed by atoms with Crippen molar-refractivity contribution in [3.8, 4) is 0 Å². The summed E-state index contributed by atoms with van der Waals surface area (Å²) in [5.74, 6) is -0.978. The summed E-state index contributed by atoms with van der Waals surface area (Å²) in [7, 11) is 0. The Balaban J connectivity index is 1.31. The molecular weight excluding hydrogens is 411 g/mol. The highest BCUT2D eigenvalue weighted by atomic mass is 19.1. The van der Waals surface area contributed by atoms with E-state index in [0.717, 1.165) is 24.0 Å². The number of halogens is 1. The second-order valence-electron chi connectivity index (χ2n) is 8.53. The van der Waals surface area contributed by atoms with Gasteiger partial charge in [-0.2, -0.15) is 5.11 Å². The highest BCUT2D eigenvalue weighted by Gasteiger charge is 2.35. The Labute approximate surface area is 185 Å². The molecule has 2 fully saturated rings. The third-order valence-electron chi connectivity index (χ3n) is 6.32. The number of fused-ring (bicyclic) bond motifs is 1. The van der Waals surface area contributed by atoms with Crippen molar-refractivity contribution in [1.29, 1.82) is 0 Å². The minimum atomic E-state index is -0.575.